The van der Waals surface area contributed by atoms with E-state index in [1.165, 1.54) is 5.69 Å². The predicted molar refractivity (Wildman–Crippen MR) is 117 cm³/mol. The van der Waals surface area contributed by atoms with E-state index in [9.17, 15) is 4.79 Å². The number of likely N-dealkylation sites (N-methyl/N-ethyl adjacent to an activating group) is 1. The molecule has 0 aromatic heterocycles. The number of ether oxygens (including phenoxy) is 1. The summed E-state index contributed by atoms with van der Waals surface area (Å²) in [6.07, 6.45) is -0.321. The van der Waals surface area contributed by atoms with Gasteiger partial charge in [-0.2, -0.15) is 0 Å². The summed E-state index contributed by atoms with van der Waals surface area (Å²) >= 11 is 0. The second kappa shape index (κ2) is 13.4. The molecule has 0 radical (unpaired) electrons. The van der Waals surface area contributed by atoms with Crippen LogP contribution >= 0.6 is 37.2 Å². The molecule has 0 bridgehead atoms. The summed E-state index contributed by atoms with van der Waals surface area (Å²) in [6.45, 7) is 7.91. The minimum atomic E-state index is -0.321. The summed E-state index contributed by atoms with van der Waals surface area (Å²) in [5.41, 5.74) is 1.30. The van der Waals surface area contributed by atoms with Crippen molar-refractivity contribution in [3.8, 4) is 0 Å². The average molecular weight is 442 g/mol. The van der Waals surface area contributed by atoms with Crippen LogP contribution in [0.15, 0.2) is 30.3 Å². The fourth-order valence-corrected chi connectivity index (χ4v) is 3.24. The Morgan fingerprint density at radius 3 is 2.41 bits per heavy atom. The first-order valence-electron chi connectivity index (χ1n) is 8.84. The van der Waals surface area contributed by atoms with Gasteiger partial charge >= 0.3 is 0 Å². The second-order valence-corrected chi connectivity index (χ2v) is 6.49. The van der Waals surface area contributed by atoms with E-state index < -0.39 is 0 Å². The summed E-state index contributed by atoms with van der Waals surface area (Å²) in [6, 6.07) is 10.6. The molecule has 2 saturated heterocycles. The van der Waals surface area contributed by atoms with Gasteiger partial charge in [-0.15, -0.1) is 37.2 Å². The van der Waals surface area contributed by atoms with E-state index in [-0.39, 0.29) is 49.2 Å². The van der Waals surface area contributed by atoms with Crippen molar-refractivity contribution < 1.29 is 9.53 Å². The molecule has 3 rings (SSSR count). The molecule has 2 fully saturated rings. The van der Waals surface area contributed by atoms with Crippen LogP contribution in [0.5, 0.6) is 0 Å². The molecule has 1 N–H and O–H groups in total. The first kappa shape index (κ1) is 26.2. The van der Waals surface area contributed by atoms with E-state index in [0.717, 1.165) is 45.8 Å². The topological polar surface area (TPSA) is 48.0 Å². The standard InChI is InChI=1S/C18H28N4O2.3ClH/c1-20(18(23)17-15-19-7-14-24-17)8-9-21-10-12-22(13-11-21)16-5-3-2-4-6-16;;;/h2-6,17,19H,7-15H2,1H3;3*1H. The van der Waals surface area contributed by atoms with Crippen LogP contribution in [-0.4, -0.2) is 87.8 Å². The number of hydrogen-bond donors (Lipinski definition) is 1. The van der Waals surface area contributed by atoms with Crippen LogP contribution in [0, 0.1) is 0 Å². The Bertz CT molecular complexity index is 525. The van der Waals surface area contributed by atoms with Gasteiger partial charge in [0.15, 0.2) is 0 Å². The normalized spacial score (nSPS) is 19.9. The summed E-state index contributed by atoms with van der Waals surface area (Å²) in [5, 5.41) is 3.21. The van der Waals surface area contributed by atoms with E-state index >= 15 is 0 Å². The van der Waals surface area contributed by atoms with Crippen LogP contribution in [-0.2, 0) is 9.53 Å². The zero-order valence-electron chi connectivity index (χ0n) is 15.7. The van der Waals surface area contributed by atoms with Crippen molar-refractivity contribution >= 4 is 48.8 Å². The highest BCUT2D eigenvalue weighted by molar-refractivity contribution is 5.86. The number of nitrogens with one attached hydrogen (secondary N) is 1. The number of benzene rings is 1. The number of halogens is 3. The van der Waals surface area contributed by atoms with E-state index in [2.05, 4.69) is 45.4 Å². The molecular weight excluding hydrogens is 411 g/mol. The van der Waals surface area contributed by atoms with Crippen molar-refractivity contribution in [1.82, 2.24) is 15.1 Å². The summed E-state index contributed by atoms with van der Waals surface area (Å²) < 4.78 is 5.54. The molecule has 1 aromatic carbocycles. The quantitative estimate of drug-likeness (QED) is 0.751. The number of amides is 1. The van der Waals surface area contributed by atoms with Gasteiger partial charge in [0.1, 0.15) is 6.10 Å². The largest absolute Gasteiger partial charge is 0.369 e. The molecule has 2 heterocycles. The molecule has 9 heteroatoms. The Balaban J connectivity index is 0.00000225. The third-order valence-corrected chi connectivity index (χ3v) is 4.82. The molecule has 1 amide bonds. The number of carbonyl (C=O) groups is 1. The van der Waals surface area contributed by atoms with Crippen LogP contribution in [0.3, 0.4) is 0 Å². The molecular formula is C18H31Cl3N4O2. The lowest BCUT2D eigenvalue weighted by atomic mass is 10.2. The molecule has 0 spiro atoms. The van der Waals surface area contributed by atoms with Crippen molar-refractivity contribution in [1.29, 1.82) is 0 Å². The van der Waals surface area contributed by atoms with Crippen molar-refractivity contribution in [3.63, 3.8) is 0 Å². The van der Waals surface area contributed by atoms with E-state index in [1.807, 2.05) is 7.05 Å². The Morgan fingerprint density at radius 2 is 1.81 bits per heavy atom. The molecule has 2 aliphatic heterocycles. The van der Waals surface area contributed by atoms with Gasteiger partial charge in [-0.3, -0.25) is 9.69 Å². The number of morpholine rings is 1. The van der Waals surface area contributed by atoms with Gasteiger partial charge in [0.05, 0.1) is 6.61 Å². The van der Waals surface area contributed by atoms with Gasteiger partial charge in [0.25, 0.3) is 5.91 Å². The summed E-state index contributed by atoms with van der Waals surface area (Å²) in [7, 11) is 1.88. The minimum absolute atomic E-state index is 0. The second-order valence-electron chi connectivity index (χ2n) is 6.49. The van der Waals surface area contributed by atoms with Gasteiger partial charge in [0, 0.05) is 65.1 Å². The smallest absolute Gasteiger partial charge is 0.252 e. The Labute approximate surface area is 180 Å². The highest BCUT2D eigenvalue weighted by Crippen LogP contribution is 2.15. The average Bonchev–Trinajstić information content (AvgIpc) is 2.67. The lowest BCUT2D eigenvalue weighted by molar-refractivity contribution is -0.144. The lowest BCUT2D eigenvalue weighted by Crippen LogP contribution is -2.51. The first-order chi connectivity index (χ1) is 11.7. The van der Waals surface area contributed by atoms with Gasteiger partial charge < -0.3 is 19.9 Å². The van der Waals surface area contributed by atoms with Crippen molar-refractivity contribution in [3.05, 3.63) is 30.3 Å². The number of nitrogens with zero attached hydrogens (tertiary/aromatic N) is 3. The summed E-state index contributed by atoms with van der Waals surface area (Å²) in [4.78, 5) is 19.0. The molecule has 0 aliphatic carbocycles. The minimum Gasteiger partial charge on any atom is -0.369 e. The Hall–Kier alpha value is -0.760. The van der Waals surface area contributed by atoms with E-state index in [0.29, 0.717) is 13.2 Å². The number of carbonyl (C=O) groups excluding carboxylic acids is 1. The highest BCUT2D eigenvalue weighted by Gasteiger charge is 2.25. The monoisotopic (exact) mass is 440 g/mol. The molecule has 1 unspecified atom stereocenters. The Kier molecular flexibility index (Phi) is 13.0. The molecule has 1 aromatic rings. The van der Waals surface area contributed by atoms with Gasteiger partial charge in [0.2, 0.25) is 0 Å². The molecule has 6 nitrogen and oxygen atoms in total. The molecule has 27 heavy (non-hydrogen) atoms. The number of hydrogen-bond acceptors (Lipinski definition) is 5. The molecule has 0 saturated carbocycles. The first-order valence-corrected chi connectivity index (χ1v) is 8.84. The van der Waals surface area contributed by atoms with Crippen LogP contribution < -0.4 is 10.2 Å². The number of para-hydroxylation sites is 1. The SMILES string of the molecule is CN(CCN1CCN(c2ccccc2)CC1)C(=O)C1CNCCO1.Cl.Cl.Cl. The van der Waals surface area contributed by atoms with Gasteiger partial charge in [-0.05, 0) is 12.1 Å². The zero-order valence-corrected chi connectivity index (χ0v) is 18.2. The molecule has 2 aliphatic rings. The fourth-order valence-electron chi connectivity index (χ4n) is 3.24. The van der Waals surface area contributed by atoms with Gasteiger partial charge in [-0.25, -0.2) is 0 Å². The summed E-state index contributed by atoms with van der Waals surface area (Å²) in [5.74, 6) is 0.0881. The van der Waals surface area contributed by atoms with Gasteiger partial charge in [-0.1, -0.05) is 18.2 Å². The number of piperazine rings is 1. The third kappa shape index (κ3) is 7.64. The maximum Gasteiger partial charge on any atom is 0.252 e. The third-order valence-electron chi connectivity index (χ3n) is 4.82. The van der Waals surface area contributed by atoms with E-state index in [1.54, 1.807) is 4.90 Å². The van der Waals surface area contributed by atoms with Crippen LogP contribution in [0.25, 0.3) is 0 Å². The number of anilines is 1. The maximum atomic E-state index is 12.3. The maximum absolute atomic E-state index is 12.3. The highest BCUT2D eigenvalue weighted by atomic mass is 35.5. The fraction of sp³-hybridized carbons (Fsp3) is 0.611. The lowest BCUT2D eigenvalue weighted by Gasteiger charge is -2.37. The van der Waals surface area contributed by atoms with E-state index in [4.69, 9.17) is 4.74 Å². The molecule has 1 atom stereocenters. The number of rotatable bonds is 5. The van der Waals surface area contributed by atoms with Crippen LogP contribution in [0.2, 0.25) is 0 Å². The van der Waals surface area contributed by atoms with Crippen molar-refractivity contribution in [2.75, 3.05) is 70.9 Å². The van der Waals surface area contributed by atoms with Crippen molar-refractivity contribution in [2.24, 2.45) is 0 Å². The predicted octanol–water partition coefficient (Wildman–Crippen LogP) is 1.52. The molecule has 156 valence electrons. The van der Waals surface area contributed by atoms with Crippen LogP contribution in [0.1, 0.15) is 0 Å². The zero-order chi connectivity index (χ0) is 16.8. The van der Waals surface area contributed by atoms with Crippen LogP contribution in [0.4, 0.5) is 5.69 Å². The Morgan fingerprint density at radius 1 is 1.15 bits per heavy atom. The van der Waals surface area contributed by atoms with Crippen molar-refractivity contribution in [2.45, 2.75) is 6.10 Å².